The molecule has 0 amide bonds. The average Bonchev–Trinajstić information content (AvgIpc) is 2.75. The first-order chi connectivity index (χ1) is 7.42. The third-order valence-electron chi connectivity index (χ3n) is 1.80. The van der Waals surface area contributed by atoms with Crippen LogP contribution >= 0.6 is 21.6 Å². The van der Waals surface area contributed by atoms with Gasteiger partial charge in [-0.1, -0.05) is 35.9 Å². The Hall–Kier alpha value is -0.940. The number of nitrogens with zero attached hydrogens (tertiary/aromatic N) is 3. The van der Waals surface area contributed by atoms with Crippen LogP contribution in [-0.2, 0) is 0 Å². The van der Waals surface area contributed by atoms with Gasteiger partial charge in [0.2, 0.25) is 5.16 Å². The van der Waals surface area contributed by atoms with E-state index in [2.05, 4.69) is 17.1 Å². The molecule has 1 aromatic heterocycles. The minimum atomic E-state index is 0.924. The van der Waals surface area contributed by atoms with E-state index in [1.165, 1.54) is 0 Å². The van der Waals surface area contributed by atoms with Crippen LogP contribution in [-0.4, -0.2) is 20.5 Å². The van der Waals surface area contributed by atoms with Crippen molar-refractivity contribution < 1.29 is 0 Å². The van der Waals surface area contributed by atoms with Crippen molar-refractivity contribution in [1.82, 2.24) is 14.8 Å². The molecule has 0 N–H and O–H groups in total. The van der Waals surface area contributed by atoms with Gasteiger partial charge in [-0.25, -0.2) is 0 Å². The number of para-hydroxylation sites is 1. The van der Waals surface area contributed by atoms with Crippen molar-refractivity contribution in [2.24, 2.45) is 0 Å². The molecule has 0 atom stereocenters. The summed E-state index contributed by atoms with van der Waals surface area (Å²) in [5.41, 5.74) is 1.10. The maximum Gasteiger partial charge on any atom is 0.206 e. The fraction of sp³-hybridized carbons (Fsp3) is 0.200. The van der Waals surface area contributed by atoms with Crippen molar-refractivity contribution in [3.8, 4) is 5.69 Å². The molecule has 0 spiro atoms. The van der Waals surface area contributed by atoms with Crippen molar-refractivity contribution in [2.75, 3.05) is 5.75 Å². The van der Waals surface area contributed by atoms with Crippen LogP contribution in [0.15, 0.2) is 41.8 Å². The Balaban J connectivity index is 2.25. The molecule has 1 aromatic carbocycles. The van der Waals surface area contributed by atoms with Crippen LogP contribution in [0.4, 0.5) is 0 Å². The van der Waals surface area contributed by atoms with E-state index < -0.39 is 0 Å². The molecule has 0 aliphatic rings. The molecule has 2 aromatic rings. The van der Waals surface area contributed by atoms with Gasteiger partial charge in [0, 0.05) is 11.4 Å². The minimum Gasteiger partial charge on any atom is -0.276 e. The average molecular weight is 237 g/mol. The van der Waals surface area contributed by atoms with E-state index in [0.29, 0.717) is 0 Å². The predicted octanol–water partition coefficient (Wildman–Crippen LogP) is 3.03. The summed E-state index contributed by atoms with van der Waals surface area (Å²) in [5, 5.41) is 8.94. The third kappa shape index (κ3) is 2.54. The monoisotopic (exact) mass is 237 g/mol. The lowest BCUT2D eigenvalue weighted by Gasteiger charge is -2.04. The Labute approximate surface area is 96.7 Å². The molecule has 1 heterocycles. The summed E-state index contributed by atoms with van der Waals surface area (Å²) in [6.45, 7) is 2.13. The summed E-state index contributed by atoms with van der Waals surface area (Å²) in [4.78, 5) is 0. The van der Waals surface area contributed by atoms with Crippen molar-refractivity contribution in [1.29, 1.82) is 0 Å². The number of rotatable bonds is 4. The molecule has 0 aliphatic carbocycles. The highest BCUT2D eigenvalue weighted by Crippen LogP contribution is 2.29. The summed E-state index contributed by atoms with van der Waals surface area (Å²) in [6, 6.07) is 10.1. The smallest absolute Gasteiger partial charge is 0.206 e. The van der Waals surface area contributed by atoms with Gasteiger partial charge in [0.25, 0.3) is 0 Å². The maximum absolute atomic E-state index is 4.09. The normalized spacial score (nSPS) is 10.5. The zero-order valence-electron chi connectivity index (χ0n) is 8.33. The van der Waals surface area contributed by atoms with Gasteiger partial charge in [-0.15, -0.1) is 10.2 Å². The lowest BCUT2D eigenvalue weighted by atomic mass is 10.3. The first-order valence-corrected chi connectivity index (χ1v) is 6.98. The first kappa shape index (κ1) is 10.6. The molecule has 0 bridgehead atoms. The van der Waals surface area contributed by atoms with Gasteiger partial charge in [-0.2, -0.15) is 0 Å². The first-order valence-electron chi connectivity index (χ1n) is 4.66. The molecule has 0 saturated carbocycles. The zero-order chi connectivity index (χ0) is 10.5. The highest BCUT2D eigenvalue weighted by Gasteiger charge is 2.05. The molecule has 5 heteroatoms. The van der Waals surface area contributed by atoms with Gasteiger partial charge >= 0.3 is 0 Å². The van der Waals surface area contributed by atoms with Gasteiger partial charge in [-0.3, -0.25) is 4.57 Å². The van der Waals surface area contributed by atoms with Crippen molar-refractivity contribution in [3.05, 3.63) is 36.7 Å². The zero-order valence-corrected chi connectivity index (χ0v) is 9.96. The molecular formula is C10H11N3S2. The molecule has 0 fully saturated rings. The fourth-order valence-electron chi connectivity index (χ4n) is 1.16. The van der Waals surface area contributed by atoms with Crippen LogP contribution in [0.1, 0.15) is 6.92 Å². The molecule has 0 saturated heterocycles. The van der Waals surface area contributed by atoms with E-state index >= 15 is 0 Å². The topological polar surface area (TPSA) is 30.7 Å². The Morgan fingerprint density at radius 3 is 2.80 bits per heavy atom. The van der Waals surface area contributed by atoms with Crippen LogP contribution in [0.3, 0.4) is 0 Å². The molecule has 3 nitrogen and oxygen atoms in total. The number of hydrogen-bond donors (Lipinski definition) is 0. The van der Waals surface area contributed by atoms with E-state index in [4.69, 9.17) is 0 Å². The summed E-state index contributed by atoms with van der Waals surface area (Å²) >= 11 is 0. The molecule has 0 aliphatic heterocycles. The summed E-state index contributed by atoms with van der Waals surface area (Å²) < 4.78 is 1.99. The van der Waals surface area contributed by atoms with Crippen LogP contribution in [0.2, 0.25) is 0 Å². The van der Waals surface area contributed by atoms with Crippen molar-refractivity contribution in [3.63, 3.8) is 0 Å². The quantitative estimate of drug-likeness (QED) is 0.765. The van der Waals surface area contributed by atoms with Gasteiger partial charge in [-0.05, 0) is 22.9 Å². The van der Waals surface area contributed by atoms with Crippen LogP contribution in [0.5, 0.6) is 0 Å². The molecular weight excluding hydrogens is 226 g/mol. The lowest BCUT2D eigenvalue weighted by Crippen LogP contribution is -1.93. The SMILES string of the molecule is CCSSc1nncn1-c1ccccc1. The standard InChI is InChI=1S/C10H11N3S2/c1-2-14-15-10-12-11-8-13(10)9-6-4-3-5-7-9/h3-8H,2H2,1H3. The number of benzene rings is 1. The van der Waals surface area contributed by atoms with Gasteiger partial charge in [0.15, 0.2) is 0 Å². The Bertz CT molecular complexity index is 414. The lowest BCUT2D eigenvalue weighted by molar-refractivity contribution is 0.889. The highest BCUT2D eigenvalue weighted by molar-refractivity contribution is 8.76. The van der Waals surface area contributed by atoms with Crippen LogP contribution in [0, 0.1) is 0 Å². The van der Waals surface area contributed by atoms with Gasteiger partial charge in [0.05, 0.1) is 0 Å². The summed E-state index contributed by atoms with van der Waals surface area (Å²) in [7, 11) is 3.42. The molecule has 0 unspecified atom stereocenters. The summed E-state index contributed by atoms with van der Waals surface area (Å²) in [6.07, 6.45) is 1.74. The molecule has 2 rings (SSSR count). The Morgan fingerprint density at radius 1 is 1.27 bits per heavy atom. The van der Waals surface area contributed by atoms with Crippen molar-refractivity contribution in [2.45, 2.75) is 12.1 Å². The largest absolute Gasteiger partial charge is 0.276 e. The van der Waals surface area contributed by atoms with E-state index in [0.717, 1.165) is 16.6 Å². The fourth-order valence-corrected chi connectivity index (χ4v) is 2.71. The molecule has 15 heavy (non-hydrogen) atoms. The second-order valence-electron chi connectivity index (χ2n) is 2.81. The maximum atomic E-state index is 4.09. The Kier molecular flexibility index (Phi) is 3.69. The van der Waals surface area contributed by atoms with Crippen molar-refractivity contribution >= 4 is 21.6 Å². The highest BCUT2D eigenvalue weighted by atomic mass is 33.1. The number of aromatic nitrogens is 3. The van der Waals surface area contributed by atoms with Gasteiger partial charge in [0.1, 0.15) is 6.33 Å². The van der Waals surface area contributed by atoms with Crippen LogP contribution < -0.4 is 0 Å². The molecule has 78 valence electrons. The third-order valence-corrected chi connectivity index (χ3v) is 4.09. The van der Waals surface area contributed by atoms with Gasteiger partial charge < -0.3 is 0 Å². The van der Waals surface area contributed by atoms with E-state index in [1.807, 2.05) is 34.9 Å². The predicted molar refractivity (Wildman–Crippen MR) is 65.3 cm³/mol. The van der Waals surface area contributed by atoms with Crippen LogP contribution in [0.25, 0.3) is 5.69 Å². The summed E-state index contributed by atoms with van der Waals surface area (Å²) in [5.74, 6) is 1.06. The van der Waals surface area contributed by atoms with E-state index in [9.17, 15) is 0 Å². The Morgan fingerprint density at radius 2 is 2.07 bits per heavy atom. The minimum absolute atomic E-state index is 0.924. The van der Waals surface area contributed by atoms with E-state index in [-0.39, 0.29) is 0 Å². The second kappa shape index (κ2) is 5.23. The van der Waals surface area contributed by atoms with E-state index in [1.54, 1.807) is 27.9 Å². The number of hydrogen-bond acceptors (Lipinski definition) is 4. The molecule has 0 radical (unpaired) electrons. The second-order valence-corrected chi connectivity index (χ2v) is 5.36.